The van der Waals surface area contributed by atoms with Gasteiger partial charge in [0.2, 0.25) is 11.0 Å². The van der Waals surface area contributed by atoms with E-state index in [4.69, 9.17) is 0 Å². The number of aromatic nitrogens is 2. The molecule has 3 aromatic rings. The number of nitrogens with zero attached hydrogens (tertiary/aromatic N) is 2. The number of anilines is 1. The molecule has 2 N–H and O–H groups in total. The van der Waals surface area contributed by atoms with E-state index in [1.807, 2.05) is 63.2 Å². The fourth-order valence-electron chi connectivity index (χ4n) is 2.88. The van der Waals surface area contributed by atoms with Crippen molar-refractivity contribution in [1.29, 1.82) is 0 Å². The minimum Gasteiger partial charge on any atom is -0.340 e. The second-order valence-corrected chi connectivity index (χ2v) is 8.28. The predicted octanol–water partition coefficient (Wildman–Crippen LogP) is 3.83. The van der Waals surface area contributed by atoms with Crippen molar-refractivity contribution < 1.29 is 9.59 Å². The first-order chi connectivity index (χ1) is 13.9. The maximum absolute atomic E-state index is 12.8. The lowest BCUT2D eigenvalue weighted by Gasteiger charge is -2.21. The van der Waals surface area contributed by atoms with Crippen LogP contribution in [0.15, 0.2) is 54.6 Å². The summed E-state index contributed by atoms with van der Waals surface area (Å²) in [6, 6.07) is 16.6. The van der Waals surface area contributed by atoms with Gasteiger partial charge in [-0.25, -0.2) is 0 Å². The zero-order valence-electron chi connectivity index (χ0n) is 16.7. The highest BCUT2D eigenvalue weighted by Gasteiger charge is 2.25. The maximum Gasteiger partial charge on any atom is 0.251 e. The van der Waals surface area contributed by atoms with Gasteiger partial charge in [-0.3, -0.25) is 14.9 Å². The Morgan fingerprint density at radius 3 is 2.48 bits per heavy atom. The Morgan fingerprint density at radius 1 is 1.03 bits per heavy atom. The quantitative estimate of drug-likeness (QED) is 0.622. The number of amides is 2. The van der Waals surface area contributed by atoms with Crippen LogP contribution in [0.25, 0.3) is 0 Å². The molecule has 0 bridgehead atoms. The summed E-state index contributed by atoms with van der Waals surface area (Å²) in [4.78, 5) is 25.3. The van der Waals surface area contributed by atoms with E-state index in [9.17, 15) is 9.59 Å². The number of nitrogens with one attached hydrogen (secondary N) is 2. The van der Waals surface area contributed by atoms with Crippen LogP contribution in [-0.2, 0) is 11.2 Å². The number of benzene rings is 2. The zero-order valence-corrected chi connectivity index (χ0v) is 17.5. The molecule has 6 nitrogen and oxygen atoms in total. The third-order valence-corrected chi connectivity index (χ3v) is 5.25. The van der Waals surface area contributed by atoms with Gasteiger partial charge in [-0.05, 0) is 30.5 Å². The molecule has 150 valence electrons. The number of carbonyl (C=O) groups excluding carboxylic acids is 2. The van der Waals surface area contributed by atoms with Crippen LogP contribution in [0.4, 0.5) is 5.13 Å². The highest BCUT2D eigenvalue weighted by atomic mass is 32.1. The van der Waals surface area contributed by atoms with Gasteiger partial charge in [-0.2, -0.15) is 0 Å². The van der Waals surface area contributed by atoms with Gasteiger partial charge < -0.3 is 5.32 Å². The van der Waals surface area contributed by atoms with E-state index in [0.717, 1.165) is 16.1 Å². The second-order valence-electron chi connectivity index (χ2n) is 7.22. The molecule has 2 aromatic carbocycles. The molecule has 2 amide bonds. The van der Waals surface area contributed by atoms with Crippen molar-refractivity contribution in [1.82, 2.24) is 15.5 Å². The van der Waals surface area contributed by atoms with E-state index in [0.29, 0.717) is 17.1 Å². The molecule has 0 spiro atoms. The number of hydrogen-bond donors (Lipinski definition) is 2. The van der Waals surface area contributed by atoms with Crippen LogP contribution >= 0.6 is 11.3 Å². The smallest absolute Gasteiger partial charge is 0.251 e. The molecule has 1 heterocycles. The van der Waals surface area contributed by atoms with Gasteiger partial charge in [0, 0.05) is 12.0 Å². The minimum atomic E-state index is -0.676. The van der Waals surface area contributed by atoms with E-state index in [-0.39, 0.29) is 17.7 Å². The normalized spacial score (nSPS) is 11.9. The lowest BCUT2D eigenvalue weighted by Crippen LogP contribution is -2.47. The van der Waals surface area contributed by atoms with Crippen molar-refractivity contribution in [2.24, 2.45) is 5.92 Å². The van der Waals surface area contributed by atoms with E-state index < -0.39 is 6.04 Å². The summed E-state index contributed by atoms with van der Waals surface area (Å²) in [5.74, 6) is -0.659. The Morgan fingerprint density at radius 2 is 1.79 bits per heavy atom. The number of rotatable bonds is 7. The van der Waals surface area contributed by atoms with Crippen LogP contribution in [0, 0.1) is 12.8 Å². The van der Waals surface area contributed by atoms with Crippen molar-refractivity contribution in [3.63, 3.8) is 0 Å². The fourth-order valence-corrected chi connectivity index (χ4v) is 3.65. The molecule has 0 radical (unpaired) electrons. The van der Waals surface area contributed by atoms with Gasteiger partial charge in [-0.1, -0.05) is 73.2 Å². The van der Waals surface area contributed by atoms with Gasteiger partial charge in [0.1, 0.15) is 11.0 Å². The monoisotopic (exact) mass is 408 g/mol. The number of carbonyl (C=O) groups is 2. The van der Waals surface area contributed by atoms with Crippen molar-refractivity contribution in [2.45, 2.75) is 33.2 Å². The van der Waals surface area contributed by atoms with E-state index in [2.05, 4.69) is 20.8 Å². The Hall–Kier alpha value is -3.06. The lowest BCUT2D eigenvalue weighted by molar-refractivity contribution is -0.118. The van der Waals surface area contributed by atoms with Gasteiger partial charge in [0.25, 0.3) is 5.91 Å². The SMILES string of the molecule is Cc1cccc(C(=O)N[C@@H](C(=O)Nc2nnc(Cc3ccccc3)s2)C(C)C)c1. The molecule has 3 rings (SSSR count). The third-order valence-electron chi connectivity index (χ3n) is 4.41. The zero-order chi connectivity index (χ0) is 20.8. The van der Waals surface area contributed by atoms with Gasteiger partial charge in [0.15, 0.2) is 0 Å². The Balaban J connectivity index is 1.64. The summed E-state index contributed by atoms with van der Waals surface area (Å²) in [6.07, 6.45) is 0.659. The topological polar surface area (TPSA) is 84.0 Å². The summed E-state index contributed by atoms with van der Waals surface area (Å²) < 4.78 is 0. The fraction of sp³-hybridized carbons (Fsp3) is 0.273. The first-order valence-electron chi connectivity index (χ1n) is 9.47. The maximum atomic E-state index is 12.8. The molecule has 0 aliphatic rings. The standard InChI is InChI=1S/C22H24N4O2S/c1-14(2)19(23-20(27)17-11-7-8-15(3)12-17)21(28)24-22-26-25-18(29-22)13-16-9-5-4-6-10-16/h4-12,14,19H,13H2,1-3H3,(H,23,27)(H,24,26,28)/t19-/m1/s1. The summed E-state index contributed by atoms with van der Waals surface area (Å²) in [7, 11) is 0. The molecule has 7 heteroatoms. The lowest BCUT2D eigenvalue weighted by atomic mass is 10.0. The summed E-state index contributed by atoms with van der Waals surface area (Å²) in [5.41, 5.74) is 2.65. The first kappa shape index (κ1) is 20.7. The van der Waals surface area contributed by atoms with Gasteiger partial charge in [-0.15, -0.1) is 10.2 Å². The molecule has 0 fully saturated rings. The average Bonchev–Trinajstić information content (AvgIpc) is 3.13. The number of aryl methyl sites for hydroxylation is 1. The summed E-state index contributed by atoms with van der Waals surface area (Å²) >= 11 is 1.34. The minimum absolute atomic E-state index is 0.0829. The van der Waals surface area contributed by atoms with Crippen LogP contribution < -0.4 is 10.6 Å². The largest absolute Gasteiger partial charge is 0.340 e. The molecule has 0 aliphatic carbocycles. The van der Waals surface area contributed by atoms with Crippen LogP contribution in [-0.4, -0.2) is 28.1 Å². The predicted molar refractivity (Wildman–Crippen MR) is 115 cm³/mol. The Labute approximate surface area is 174 Å². The van der Waals surface area contributed by atoms with Crippen LogP contribution in [0.1, 0.15) is 40.3 Å². The van der Waals surface area contributed by atoms with E-state index in [1.54, 1.807) is 12.1 Å². The summed E-state index contributed by atoms with van der Waals surface area (Å²) in [5, 5.41) is 15.1. The molecule has 1 atom stereocenters. The van der Waals surface area contributed by atoms with Gasteiger partial charge in [0.05, 0.1) is 0 Å². The van der Waals surface area contributed by atoms with Crippen molar-refractivity contribution in [3.05, 3.63) is 76.3 Å². The Bertz CT molecular complexity index is 985. The van der Waals surface area contributed by atoms with E-state index >= 15 is 0 Å². The van der Waals surface area contributed by atoms with Crippen molar-refractivity contribution in [3.8, 4) is 0 Å². The van der Waals surface area contributed by atoms with Crippen molar-refractivity contribution >= 4 is 28.3 Å². The van der Waals surface area contributed by atoms with Crippen LogP contribution in [0.5, 0.6) is 0 Å². The molecule has 0 unspecified atom stereocenters. The molecule has 0 saturated heterocycles. The molecular formula is C22H24N4O2S. The number of hydrogen-bond acceptors (Lipinski definition) is 5. The van der Waals surface area contributed by atoms with Crippen LogP contribution in [0.3, 0.4) is 0 Å². The molecule has 1 aromatic heterocycles. The Kier molecular flexibility index (Phi) is 6.72. The summed E-state index contributed by atoms with van der Waals surface area (Å²) in [6.45, 7) is 5.70. The molecule has 29 heavy (non-hydrogen) atoms. The highest BCUT2D eigenvalue weighted by molar-refractivity contribution is 7.15. The van der Waals surface area contributed by atoms with Crippen molar-refractivity contribution in [2.75, 3.05) is 5.32 Å². The molecule has 0 aliphatic heterocycles. The molecule has 0 saturated carbocycles. The highest BCUT2D eigenvalue weighted by Crippen LogP contribution is 2.19. The van der Waals surface area contributed by atoms with E-state index in [1.165, 1.54) is 11.3 Å². The first-order valence-corrected chi connectivity index (χ1v) is 10.3. The third kappa shape index (κ3) is 5.71. The van der Waals surface area contributed by atoms with Crippen LogP contribution in [0.2, 0.25) is 0 Å². The second kappa shape index (κ2) is 9.43. The molecular weight excluding hydrogens is 384 g/mol. The average molecular weight is 409 g/mol. The van der Waals surface area contributed by atoms with Gasteiger partial charge >= 0.3 is 0 Å².